The van der Waals surface area contributed by atoms with E-state index in [9.17, 15) is 0 Å². The number of pyridine rings is 2. The largest absolute Gasteiger partial charge is 0.383 e. The first-order valence-electron chi connectivity index (χ1n) is 12.6. The van der Waals surface area contributed by atoms with Crippen molar-refractivity contribution in [3.8, 4) is 11.3 Å². The Morgan fingerprint density at radius 1 is 1.11 bits per heavy atom. The molecule has 2 aromatic rings. The van der Waals surface area contributed by atoms with E-state index in [1.165, 1.54) is 19.3 Å². The molecule has 0 atom stereocenters. The first kappa shape index (κ1) is 26.4. The average molecular weight is 523 g/mol. The minimum absolute atomic E-state index is 0.167. The van der Waals surface area contributed by atoms with Crippen LogP contribution in [0, 0.1) is 5.92 Å². The predicted octanol–water partition coefficient (Wildman–Crippen LogP) is 5.94. The van der Waals surface area contributed by atoms with Gasteiger partial charge >= 0.3 is 0 Å². The number of hydrogen-bond donors (Lipinski definition) is 2. The Morgan fingerprint density at radius 3 is 2.63 bits per heavy atom. The van der Waals surface area contributed by atoms with E-state index in [1.54, 1.807) is 13.3 Å². The molecular formula is C26H37Cl2N5O2. The van der Waals surface area contributed by atoms with E-state index in [2.05, 4.69) is 27.6 Å². The number of nitrogens with one attached hydrogen (secondary N) is 2. The van der Waals surface area contributed by atoms with Gasteiger partial charge in [0.15, 0.2) is 0 Å². The maximum atomic E-state index is 6.61. The molecule has 0 bridgehead atoms. The van der Waals surface area contributed by atoms with E-state index in [4.69, 9.17) is 37.7 Å². The fraction of sp³-hybridized carbons (Fsp3) is 0.615. The molecule has 7 nitrogen and oxygen atoms in total. The molecule has 2 fully saturated rings. The molecule has 192 valence electrons. The van der Waals surface area contributed by atoms with Crippen LogP contribution >= 0.6 is 23.2 Å². The van der Waals surface area contributed by atoms with Gasteiger partial charge in [-0.05, 0) is 69.7 Å². The lowest BCUT2D eigenvalue weighted by Gasteiger charge is -2.45. The van der Waals surface area contributed by atoms with E-state index in [0.717, 1.165) is 69.2 Å². The van der Waals surface area contributed by atoms with Crippen molar-refractivity contribution in [2.75, 3.05) is 57.7 Å². The second-order valence-electron chi connectivity index (χ2n) is 9.64. The van der Waals surface area contributed by atoms with E-state index >= 15 is 0 Å². The summed E-state index contributed by atoms with van der Waals surface area (Å²) < 4.78 is 10.8. The van der Waals surface area contributed by atoms with Crippen LogP contribution in [0.25, 0.3) is 11.3 Å². The summed E-state index contributed by atoms with van der Waals surface area (Å²) in [6.45, 7) is 4.06. The second-order valence-corrected chi connectivity index (χ2v) is 10.5. The van der Waals surface area contributed by atoms with E-state index in [1.807, 2.05) is 18.2 Å². The summed E-state index contributed by atoms with van der Waals surface area (Å²) in [5, 5.41) is 8.30. The molecule has 2 aromatic heterocycles. The molecular weight excluding hydrogens is 485 g/mol. The number of methoxy groups -OCH3 is 1. The molecule has 1 aliphatic carbocycles. The normalized spacial score (nSPS) is 18.5. The van der Waals surface area contributed by atoms with Crippen molar-refractivity contribution in [2.24, 2.45) is 5.92 Å². The lowest BCUT2D eigenvalue weighted by Crippen LogP contribution is -2.55. The number of halogens is 2. The lowest BCUT2D eigenvalue weighted by atomic mass is 9.87. The van der Waals surface area contributed by atoms with Crippen LogP contribution in [0.3, 0.4) is 0 Å². The molecule has 1 saturated carbocycles. The quantitative estimate of drug-likeness (QED) is 0.374. The third-order valence-corrected chi connectivity index (χ3v) is 7.88. The Morgan fingerprint density at radius 2 is 1.89 bits per heavy atom. The van der Waals surface area contributed by atoms with Crippen LogP contribution in [0.5, 0.6) is 0 Å². The molecule has 9 heteroatoms. The third kappa shape index (κ3) is 6.77. The standard InChI is InChI=1S/C26H37Cl2N5O2/c1-33(12-15-34-2)26(10-4-3-5-11-26)32-24-16-20(22(28)18-30-24)25-21(27)6-7-23(31-25)29-17-19-8-13-35-14-9-19/h6-7,16,18-19H,3-5,8-15,17H2,1-2H3,(H,29,31)(H,30,32). The smallest absolute Gasteiger partial charge is 0.128 e. The lowest BCUT2D eigenvalue weighted by molar-refractivity contribution is 0.0687. The Balaban J connectivity index is 1.55. The molecule has 0 aromatic carbocycles. The van der Waals surface area contributed by atoms with E-state index in [-0.39, 0.29) is 5.66 Å². The number of aromatic nitrogens is 2. The number of nitrogens with zero attached hydrogens (tertiary/aromatic N) is 3. The number of ether oxygens (including phenoxy) is 2. The minimum Gasteiger partial charge on any atom is -0.383 e. The van der Waals surface area contributed by atoms with Gasteiger partial charge in [-0.2, -0.15) is 0 Å². The first-order valence-corrected chi connectivity index (χ1v) is 13.4. The molecule has 0 amide bonds. The van der Waals surface area contributed by atoms with Gasteiger partial charge in [-0.25, -0.2) is 9.97 Å². The topological polar surface area (TPSA) is 71.5 Å². The predicted molar refractivity (Wildman–Crippen MR) is 143 cm³/mol. The zero-order chi connectivity index (χ0) is 24.7. The molecule has 2 aliphatic rings. The third-order valence-electron chi connectivity index (χ3n) is 7.27. The zero-order valence-corrected chi connectivity index (χ0v) is 22.3. The van der Waals surface area contributed by atoms with Crippen LogP contribution in [0.15, 0.2) is 24.4 Å². The highest BCUT2D eigenvalue weighted by molar-refractivity contribution is 6.36. The van der Waals surface area contributed by atoms with Crippen molar-refractivity contribution in [1.29, 1.82) is 0 Å². The van der Waals surface area contributed by atoms with Gasteiger partial charge in [0, 0.05) is 45.2 Å². The summed E-state index contributed by atoms with van der Waals surface area (Å²) >= 11 is 13.2. The van der Waals surface area contributed by atoms with Crippen LogP contribution in [0.4, 0.5) is 11.6 Å². The minimum atomic E-state index is -0.167. The van der Waals surface area contributed by atoms with Crippen LogP contribution < -0.4 is 10.6 Å². The van der Waals surface area contributed by atoms with Crippen molar-refractivity contribution in [2.45, 2.75) is 50.6 Å². The highest BCUT2D eigenvalue weighted by Gasteiger charge is 2.36. The van der Waals surface area contributed by atoms with Gasteiger partial charge in [-0.1, -0.05) is 29.6 Å². The molecule has 4 rings (SSSR count). The molecule has 35 heavy (non-hydrogen) atoms. The molecule has 1 aliphatic heterocycles. The Bertz CT molecular complexity index is 965. The first-order chi connectivity index (χ1) is 17.0. The Labute approximate surface area is 218 Å². The van der Waals surface area contributed by atoms with Gasteiger partial charge in [0.25, 0.3) is 0 Å². The maximum Gasteiger partial charge on any atom is 0.128 e. The molecule has 3 heterocycles. The van der Waals surface area contributed by atoms with Gasteiger partial charge in [0.1, 0.15) is 11.6 Å². The van der Waals surface area contributed by atoms with Crippen LogP contribution in [-0.4, -0.2) is 67.6 Å². The Kier molecular flexibility index (Phi) is 9.47. The van der Waals surface area contributed by atoms with Crippen molar-refractivity contribution < 1.29 is 9.47 Å². The molecule has 0 unspecified atom stereocenters. The summed E-state index contributed by atoms with van der Waals surface area (Å²) in [6, 6.07) is 5.77. The van der Waals surface area contributed by atoms with Gasteiger partial charge in [0.05, 0.1) is 28.0 Å². The average Bonchev–Trinajstić information content (AvgIpc) is 2.89. The van der Waals surface area contributed by atoms with E-state index in [0.29, 0.717) is 28.3 Å². The maximum absolute atomic E-state index is 6.61. The van der Waals surface area contributed by atoms with Gasteiger partial charge in [-0.3, -0.25) is 4.90 Å². The monoisotopic (exact) mass is 521 g/mol. The summed E-state index contributed by atoms with van der Waals surface area (Å²) in [4.78, 5) is 11.8. The summed E-state index contributed by atoms with van der Waals surface area (Å²) in [5.74, 6) is 2.15. The van der Waals surface area contributed by atoms with Crippen LogP contribution in [0.2, 0.25) is 10.0 Å². The molecule has 0 radical (unpaired) electrons. The molecule has 1 saturated heterocycles. The van der Waals surface area contributed by atoms with Gasteiger partial charge < -0.3 is 20.1 Å². The van der Waals surface area contributed by atoms with Crippen molar-refractivity contribution in [3.63, 3.8) is 0 Å². The molecule has 2 N–H and O–H groups in total. The summed E-state index contributed by atoms with van der Waals surface area (Å²) in [6.07, 6.45) is 9.55. The highest BCUT2D eigenvalue weighted by atomic mass is 35.5. The highest BCUT2D eigenvalue weighted by Crippen LogP contribution is 2.37. The van der Waals surface area contributed by atoms with Crippen molar-refractivity contribution >= 4 is 34.8 Å². The summed E-state index contributed by atoms with van der Waals surface area (Å²) in [5.41, 5.74) is 1.26. The zero-order valence-electron chi connectivity index (χ0n) is 20.8. The number of hydrogen-bond acceptors (Lipinski definition) is 7. The van der Waals surface area contributed by atoms with Crippen LogP contribution in [0.1, 0.15) is 44.9 Å². The van der Waals surface area contributed by atoms with E-state index < -0.39 is 0 Å². The van der Waals surface area contributed by atoms with Crippen LogP contribution in [-0.2, 0) is 9.47 Å². The fourth-order valence-corrected chi connectivity index (χ4v) is 5.44. The van der Waals surface area contributed by atoms with Gasteiger partial charge in [-0.15, -0.1) is 0 Å². The number of anilines is 2. The SMILES string of the molecule is COCCN(C)C1(Nc2cc(-c3nc(NCC4CCOCC4)ccc3Cl)c(Cl)cn2)CCCCC1. The number of likely N-dealkylation sites (N-methyl/N-ethyl adjacent to an activating group) is 1. The fourth-order valence-electron chi connectivity index (χ4n) is 5.04. The molecule has 0 spiro atoms. The number of rotatable bonds is 10. The Hall–Kier alpha value is -1.64. The van der Waals surface area contributed by atoms with Crippen molar-refractivity contribution in [1.82, 2.24) is 14.9 Å². The summed E-state index contributed by atoms with van der Waals surface area (Å²) in [7, 11) is 3.89. The van der Waals surface area contributed by atoms with Crippen molar-refractivity contribution in [3.05, 3.63) is 34.4 Å². The van der Waals surface area contributed by atoms with Gasteiger partial charge in [0.2, 0.25) is 0 Å². The second kappa shape index (κ2) is 12.5.